The Morgan fingerprint density at radius 2 is 1.59 bits per heavy atom. The lowest BCUT2D eigenvalue weighted by Gasteiger charge is -2.37. The van der Waals surface area contributed by atoms with Crippen molar-refractivity contribution in [3.63, 3.8) is 0 Å². The second-order valence-corrected chi connectivity index (χ2v) is 7.09. The summed E-state index contributed by atoms with van der Waals surface area (Å²) < 4.78 is 12.0. The molecule has 1 saturated heterocycles. The first-order valence-corrected chi connectivity index (χ1v) is 9.15. The van der Waals surface area contributed by atoms with Gasteiger partial charge in [-0.3, -0.25) is 0 Å². The number of hydrogen-bond acceptors (Lipinski definition) is 2. The molecular weight excluding hydrogens is 272 g/mol. The Bertz CT molecular complexity index is 415. The molecule has 0 radical (unpaired) electrons. The standard InChI is InChI=1S/C20H30O2/c1-2-3-7-16-10-12-17(13-11-16)19-14-21-20(22-15-19)18-8-5-4-6-9-18/h4-6,8-9,16-17,19-20H,2-3,7,10-15H2,1H3/t16-,17-,19-,20-. The van der Waals surface area contributed by atoms with Gasteiger partial charge in [-0.1, -0.05) is 69.4 Å². The Morgan fingerprint density at radius 1 is 0.909 bits per heavy atom. The van der Waals surface area contributed by atoms with Crippen LogP contribution in [0.15, 0.2) is 30.3 Å². The van der Waals surface area contributed by atoms with E-state index in [2.05, 4.69) is 19.1 Å². The smallest absolute Gasteiger partial charge is 0.183 e. The highest BCUT2D eigenvalue weighted by molar-refractivity contribution is 5.16. The van der Waals surface area contributed by atoms with Crippen molar-refractivity contribution < 1.29 is 9.47 Å². The predicted octanol–water partition coefficient (Wildman–Crippen LogP) is 5.34. The summed E-state index contributed by atoms with van der Waals surface area (Å²) >= 11 is 0. The highest BCUT2D eigenvalue weighted by Gasteiger charge is 2.32. The van der Waals surface area contributed by atoms with Crippen molar-refractivity contribution in [3.8, 4) is 0 Å². The maximum Gasteiger partial charge on any atom is 0.183 e. The Labute approximate surface area is 135 Å². The van der Waals surface area contributed by atoms with E-state index in [1.165, 1.54) is 44.9 Å². The van der Waals surface area contributed by atoms with Crippen LogP contribution in [-0.2, 0) is 9.47 Å². The quantitative estimate of drug-likeness (QED) is 0.730. The summed E-state index contributed by atoms with van der Waals surface area (Å²) in [5, 5.41) is 0. The van der Waals surface area contributed by atoms with Crippen LogP contribution in [0.2, 0.25) is 0 Å². The summed E-state index contributed by atoms with van der Waals surface area (Å²) in [4.78, 5) is 0. The van der Waals surface area contributed by atoms with Crippen LogP contribution in [0.1, 0.15) is 63.7 Å². The molecule has 22 heavy (non-hydrogen) atoms. The molecule has 0 aromatic heterocycles. The fraction of sp³-hybridized carbons (Fsp3) is 0.700. The summed E-state index contributed by atoms with van der Waals surface area (Å²) in [5.41, 5.74) is 1.14. The summed E-state index contributed by atoms with van der Waals surface area (Å²) in [6.45, 7) is 4.03. The first kappa shape index (κ1) is 16.0. The lowest BCUT2D eigenvalue weighted by Crippen LogP contribution is -2.34. The van der Waals surface area contributed by atoms with Crippen LogP contribution in [0.25, 0.3) is 0 Å². The lowest BCUT2D eigenvalue weighted by atomic mass is 9.75. The molecule has 1 aromatic carbocycles. The van der Waals surface area contributed by atoms with Gasteiger partial charge in [-0.05, 0) is 24.7 Å². The van der Waals surface area contributed by atoms with Gasteiger partial charge in [0.1, 0.15) is 0 Å². The maximum absolute atomic E-state index is 6.00. The van der Waals surface area contributed by atoms with Gasteiger partial charge in [0.25, 0.3) is 0 Å². The number of rotatable bonds is 5. The molecule has 2 aliphatic rings. The molecule has 122 valence electrons. The zero-order valence-corrected chi connectivity index (χ0v) is 13.9. The molecule has 1 aliphatic heterocycles. The third-order valence-electron chi connectivity index (χ3n) is 5.52. The molecule has 0 unspecified atom stereocenters. The van der Waals surface area contributed by atoms with E-state index in [1.807, 2.05) is 18.2 Å². The van der Waals surface area contributed by atoms with Gasteiger partial charge in [-0.25, -0.2) is 0 Å². The molecule has 0 bridgehead atoms. The van der Waals surface area contributed by atoms with Crippen molar-refractivity contribution in [2.75, 3.05) is 13.2 Å². The van der Waals surface area contributed by atoms with Gasteiger partial charge in [-0.2, -0.15) is 0 Å². The van der Waals surface area contributed by atoms with E-state index in [9.17, 15) is 0 Å². The Kier molecular flexibility index (Phi) is 5.91. The fourth-order valence-corrected chi connectivity index (χ4v) is 4.03. The van der Waals surface area contributed by atoms with Gasteiger partial charge >= 0.3 is 0 Å². The number of benzene rings is 1. The van der Waals surface area contributed by atoms with Crippen molar-refractivity contribution in [2.45, 2.75) is 58.2 Å². The molecule has 0 atom stereocenters. The van der Waals surface area contributed by atoms with Crippen molar-refractivity contribution in [1.82, 2.24) is 0 Å². The predicted molar refractivity (Wildman–Crippen MR) is 89.6 cm³/mol. The van der Waals surface area contributed by atoms with Crippen LogP contribution in [-0.4, -0.2) is 13.2 Å². The highest BCUT2D eigenvalue weighted by atomic mass is 16.7. The molecule has 2 fully saturated rings. The first-order valence-electron chi connectivity index (χ1n) is 9.15. The first-order chi connectivity index (χ1) is 10.9. The van der Waals surface area contributed by atoms with Crippen LogP contribution in [0.3, 0.4) is 0 Å². The highest BCUT2D eigenvalue weighted by Crippen LogP contribution is 2.38. The molecule has 1 heterocycles. The summed E-state index contributed by atoms with van der Waals surface area (Å²) in [7, 11) is 0. The monoisotopic (exact) mass is 302 g/mol. The Hall–Kier alpha value is -0.860. The minimum Gasteiger partial charge on any atom is -0.348 e. The lowest BCUT2D eigenvalue weighted by molar-refractivity contribution is -0.214. The Morgan fingerprint density at radius 3 is 2.23 bits per heavy atom. The van der Waals surface area contributed by atoms with E-state index >= 15 is 0 Å². The molecule has 1 aliphatic carbocycles. The molecule has 1 saturated carbocycles. The van der Waals surface area contributed by atoms with Gasteiger partial charge in [-0.15, -0.1) is 0 Å². The van der Waals surface area contributed by atoms with E-state index in [4.69, 9.17) is 9.47 Å². The van der Waals surface area contributed by atoms with E-state index < -0.39 is 0 Å². The van der Waals surface area contributed by atoms with Crippen molar-refractivity contribution in [2.24, 2.45) is 17.8 Å². The maximum atomic E-state index is 6.00. The minimum absolute atomic E-state index is 0.154. The SMILES string of the molecule is CCCC[C@H]1CC[C@H]([C@H]2CO[C@H](c3ccccc3)OC2)CC1. The van der Waals surface area contributed by atoms with Gasteiger partial charge < -0.3 is 9.47 Å². The number of ether oxygens (including phenoxy) is 2. The second-order valence-electron chi connectivity index (χ2n) is 7.09. The number of hydrogen-bond donors (Lipinski definition) is 0. The third kappa shape index (κ3) is 4.11. The number of unbranched alkanes of at least 4 members (excludes halogenated alkanes) is 1. The van der Waals surface area contributed by atoms with Crippen molar-refractivity contribution in [3.05, 3.63) is 35.9 Å². The molecule has 3 rings (SSSR count). The minimum atomic E-state index is -0.154. The molecule has 0 amide bonds. The van der Waals surface area contributed by atoms with E-state index in [0.29, 0.717) is 5.92 Å². The van der Waals surface area contributed by atoms with E-state index in [0.717, 1.165) is 30.6 Å². The molecule has 0 spiro atoms. The normalized spacial score (nSPS) is 32.8. The largest absolute Gasteiger partial charge is 0.348 e. The Balaban J connectivity index is 1.43. The summed E-state index contributed by atoms with van der Waals surface area (Å²) in [6.07, 6.45) is 9.63. The second kappa shape index (κ2) is 8.12. The molecule has 2 nitrogen and oxygen atoms in total. The summed E-state index contributed by atoms with van der Waals surface area (Å²) in [6, 6.07) is 10.3. The fourth-order valence-electron chi connectivity index (χ4n) is 4.03. The van der Waals surface area contributed by atoms with E-state index in [-0.39, 0.29) is 6.29 Å². The van der Waals surface area contributed by atoms with Gasteiger partial charge in [0.15, 0.2) is 6.29 Å². The van der Waals surface area contributed by atoms with E-state index in [1.54, 1.807) is 0 Å². The van der Waals surface area contributed by atoms with Crippen LogP contribution >= 0.6 is 0 Å². The third-order valence-corrected chi connectivity index (χ3v) is 5.52. The van der Waals surface area contributed by atoms with Gasteiger partial charge in [0, 0.05) is 11.5 Å². The zero-order chi connectivity index (χ0) is 15.2. The van der Waals surface area contributed by atoms with Crippen LogP contribution in [0, 0.1) is 17.8 Å². The van der Waals surface area contributed by atoms with Crippen LogP contribution < -0.4 is 0 Å². The molecule has 0 N–H and O–H groups in total. The van der Waals surface area contributed by atoms with Crippen molar-refractivity contribution in [1.29, 1.82) is 0 Å². The van der Waals surface area contributed by atoms with Crippen molar-refractivity contribution >= 4 is 0 Å². The van der Waals surface area contributed by atoms with Crippen LogP contribution in [0.4, 0.5) is 0 Å². The molecular formula is C20H30O2. The average Bonchev–Trinajstić information content (AvgIpc) is 2.61. The molecule has 1 aromatic rings. The summed E-state index contributed by atoms with van der Waals surface area (Å²) in [5.74, 6) is 2.40. The topological polar surface area (TPSA) is 18.5 Å². The van der Waals surface area contributed by atoms with Gasteiger partial charge in [0.2, 0.25) is 0 Å². The zero-order valence-electron chi connectivity index (χ0n) is 13.9. The average molecular weight is 302 g/mol. The van der Waals surface area contributed by atoms with Gasteiger partial charge in [0.05, 0.1) is 13.2 Å². The van der Waals surface area contributed by atoms with Crippen LogP contribution in [0.5, 0.6) is 0 Å². The molecule has 2 heteroatoms.